The molecule has 2 heterocycles. The highest BCUT2D eigenvalue weighted by Gasteiger charge is 2.25. The van der Waals surface area contributed by atoms with Crippen LogP contribution in [0.5, 0.6) is 0 Å². The van der Waals surface area contributed by atoms with Gasteiger partial charge in [0, 0.05) is 24.6 Å². The van der Waals surface area contributed by atoms with E-state index in [0.29, 0.717) is 12.3 Å². The quantitative estimate of drug-likeness (QED) is 0.738. The third-order valence-corrected chi connectivity index (χ3v) is 5.45. The Balaban J connectivity index is 1.67. The van der Waals surface area contributed by atoms with Crippen LogP contribution in [0.3, 0.4) is 0 Å². The molecule has 0 unspecified atom stereocenters. The first-order valence-electron chi connectivity index (χ1n) is 7.43. The molecule has 0 bridgehead atoms. The van der Waals surface area contributed by atoms with E-state index in [0.717, 1.165) is 18.5 Å². The summed E-state index contributed by atoms with van der Waals surface area (Å²) in [6.45, 7) is 1.52. The van der Waals surface area contributed by atoms with Crippen molar-refractivity contribution in [2.45, 2.75) is 17.4 Å². The predicted molar refractivity (Wildman–Crippen MR) is 84.1 cm³/mol. The molecule has 0 radical (unpaired) electrons. The molecule has 0 amide bonds. The van der Waals surface area contributed by atoms with Crippen LogP contribution >= 0.6 is 0 Å². The highest BCUT2D eigenvalue weighted by Crippen LogP contribution is 2.21. The molecule has 1 aliphatic rings. The van der Waals surface area contributed by atoms with E-state index in [1.807, 2.05) is 0 Å². The molecule has 0 aliphatic carbocycles. The first-order valence-corrected chi connectivity index (χ1v) is 8.92. The number of benzene rings is 1. The molecule has 3 rings (SSSR count). The van der Waals surface area contributed by atoms with Crippen LogP contribution in [-0.2, 0) is 10.0 Å². The second kappa shape index (κ2) is 6.79. The molecule has 8 heteroatoms. The van der Waals surface area contributed by atoms with Crippen LogP contribution in [0.15, 0.2) is 46.2 Å². The number of hydrogen-bond acceptors (Lipinski definition) is 6. The molecule has 3 N–H and O–H groups in total. The normalized spacial score (nSPS) is 22.1. The lowest BCUT2D eigenvalue weighted by molar-refractivity contribution is 0.0844. The van der Waals surface area contributed by atoms with Crippen molar-refractivity contribution in [3.63, 3.8) is 0 Å². The fourth-order valence-electron chi connectivity index (χ4n) is 2.59. The smallest absolute Gasteiger partial charge is 0.240 e. The van der Waals surface area contributed by atoms with Crippen molar-refractivity contribution < 1.29 is 17.9 Å². The van der Waals surface area contributed by atoms with Gasteiger partial charge in [-0.3, -0.25) is 0 Å². The fourth-order valence-corrected chi connectivity index (χ4v) is 3.69. The van der Waals surface area contributed by atoms with Crippen LogP contribution in [0, 0.1) is 5.92 Å². The van der Waals surface area contributed by atoms with E-state index in [9.17, 15) is 13.5 Å². The lowest BCUT2D eigenvalue weighted by Gasteiger charge is -2.28. The van der Waals surface area contributed by atoms with Gasteiger partial charge in [0.25, 0.3) is 0 Å². The third kappa shape index (κ3) is 3.78. The fraction of sp³-hybridized carbons (Fsp3) is 0.400. The van der Waals surface area contributed by atoms with Gasteiger partial charge in [-0.15, -0.1) is 0 Å². The Bertz CT molecular complexity index is 729. The predicted octanol–water partition coefficient (Wildman–Crippen LogP) is 0.590. The van der Waals surface area contributed by atoms with Gasteiger partial charge < -0.3 is 14.8 Å². The van der Waals surface area contributed by atoms with Gasteiger partial charge in [-0.05, 0) is 37.2 Å². The zero-order valence-corrected chi connectivity index (χ0v) is 13.3. The lowest BCUT2D eigenvalue weighted by Crippen LogP contribution is -2.45. The van der Waals surface area contributed by atoms with Crippen molar-refractivity contribution in [1.29, 1.82) is 0 Å². The average molecular weight is 337 g/mol. The maximum Gasteiger partial charge on any atom is 0.240 e. The molecule has 0 spiro atoms. The Hall–Kier alpha value is -1.74. The summed E-state index contributed by atoms with van der Waals surface area (Å²) in [5, 5.41) is 12.9. The van der Waals surface area contributed by atoms with Crippen molar-refractivity contribution in [3.05, 3.63) is 36.9 Å². The minimum atomic E-state index is -3.60. The number of aliphatic hydroxyl groups excluding tert-OH is 1. The molecule has 2 atom stereocenters. The monoisotopic (exact) mass is 337 g/mol. The number of nitrogens with zero attached hydrogens (tertiary/aromatic N) is 1. The number of aliphatic hydroxyl groups is 1. The van der Waals surface area contributed by atoms with Gasteiger partial charge in [0.1, 0.15) is 0 Å². The molecular formula is C15H19N3O4S. The van der Waals surface area contributed by atoms with Crippen LogP contribution in [0.25, 0.3) is 11.3 Å². The largest absolute Gasteiger partial charge is 0.444 e. The first-order chi connectivity index (χ1) is 11.1. The number of oxazole rings is 1. The molecule has 1 aromatic heterocycles. The lowest BCUT2D eigenvalue weighted by atomic mass is 9.96. The molecule has 0 saturated carbocycles. The molecule has 23 heavy (non-hydrogen) atoms. The van der Waals surface area contributed by atoms with Gasteiger partial charge in [0.15, 0.2) is 12.2 Å². The summed E-state index contributed by atoms with van der Waals surface area (Å²) in [4.78, 5) is 4.02. The van der Waals surface area contributed by atoms with Gasteiger partial charge in [0.2, 0.25) is 10.0 Å². The van der Waals surface area contributed by atoms with E-state index >= 15 is 0 Å². The average Bonchev–Trinajstić information content (AvgIpc) is 3.09. The highest BCUT2D eigenvalue weighted by molar-refractivity contribution is 7.89. The van der Waals surface area contributed by atoms with Gasteiger partial charge in [-0.2, -0.15) is 0 Å². The SMILES string of the molecule is O=S(=O)(NC[C@@H]1CCNC[C@H]1O)c1ccc(-c2cnco2)cc1. The number of β-amino-alcohol motifs (C(OH)–C–C–N with tert-alkyl or cyclic N) is 1. The highest BCUT2D eigenvalue weighted by atomic mass is 32.2. The van der Waals surface area contributed by atoms with Crippen LogP contribution in [0.4, 0.5) is 0 Å². The molecule has 7 nitrogen and oxygen atoms in total. The van der Waals surface area contributed by atoms with E-state index in [2.05, 4.69) is 15.0 Å². The maximum absolute atomic E-state index is 12.3. The minimum Gasteiger partial charge on any atom is -0.444 e. The van der Waals surface area contributed by atoms with Crippen molar-refractivity contribution in [2.24, 2.45) is 5.92 Å². The van der Waals surface area contributed by atoms with Crippen molar-refractivity contribution >= 4 is 10.0 Å². The number of piperidine rings is 1. The standard InChI is InChI=1S/C15H19N3O4S/c19-14-8-16-6-5-12(14)7-18-23(20,21)13-3-1-11(2-4-13)15-9-17-10-22-15/h1-4,9-10,12,14,16,18-19H,5-8H2/t12-,14+/m0/s1. The third-order valence-electron chi connectivity index (χ3n) is 4.01. The van der Waals surface area contributed by atoms with Crippen molar-refractivity contribution in [3.8, 4) is 11.3 Å². The van der Waals surface area contributed by atoms with Crippen LogP contribution in [0.2, 0.25) is 0 Å². The summed E-state index contributed by atoms with van der Waals surface area (Å²) >= 11 is 0. The first kappa shape index (κ1) is 16.1. The van der Waals surface area contributed by atoms with Crippen LogP contribution < -0.4 is 10.0 Å². The summed E-state index contributed by atoms with van der Waals surface area (Å²) in [7, 11) is -3.60. The summed E-state index contributed by atoms with van der Waals surface area (Å²) in [6.07, 6.45) is 3.11. The second-order valence-corrected chi connectivity index (χ2v) is 7.33. The van der Waals surface area contributed by atoms with E-state index in [1.54, 1.807) is 18.3 Å². The number of sulfonamides is 1. The Morgan fingerprint density at radius 3 is 2.78 bits per heavy atom. The Kier molecular flexibility index (Phi) is 4.76. The summed E-state index contributed by atoms with van der Waals surface area (Å²) in [5.74, 6) is 0.513. The summed E-state index contributed by atoms with van der Waals surface area (Å²) in [5.41, 5.74) is 0.759. The van der Waals surface area contributed by atoms with E-state index < -0.39 is 16.1 Å². The van der Waals surface area contributed by atoms with E-state index in [-0.39, 0.29) is 17.4 Å². The van der Waals surface area contributed by atoms with Gasteiger partial charge in [0.05, 0.1) is 17.2 Å². The molecular weight excluding hydrogens is 318 g/mol. The molecule has 1 aromatic carbocycles. The molecule has 1 fully saturated rings. The number of nitrogens with one attached hydrogen (secondary N) is 2. The summed E-state index contributed by atoms with van der Waals surface area (Å²) in [6, 6.07) is 6.40. The van der Waals surface area contributed by atoms with E-state index in [1.165, 1.54) is 18.5 Å². The summed E-state index contributed by atoms with van der Waals surface area (Å²) < 4.78 is 32.4. The van der Waals surface area contributed by atoms with Crippen molar-refractivity contribution in [1.82, 2.24) is 15.0 Å². The Morgan fingerprint density at radius 2 is 2.13 bits per heavy atom. The van der Waals surface area contributed by atoms with Crippen LogP contribution in [0.1, 0.15) is 6.42 Å². The van der Waals surface area contributed by atoms with Gasteiger partial charge >= 0.3 is 0 Å². The zero-order valence-electron chi connectivity index (χ0n) is 12.5. The van der Waals surface area contributed by atoms with Gasteiger partial charge in [-0.1, -0.05) is 0 Å². The number of rotatable bonds is 5. The topological polar surface area (TPSA) is 104 Å². The zero-order chi connectivity index (χ0) is 16.3. The Labute approximate surface area is 134 Å². The number of hydrogen-bond donors (Lipinski definition) is 3. The van der Waals surface area contributed by atoms with Crippen LogP contribution in [-0.4, -0.2) is 44.2 Å². The Morgan fingerprint density at radius 1 is 1.35 bits per heavy atom. The molecule has 1 aliphatic heterocycles. The molecule has 124 valence electrons. The maximum atomic E-state index is 12.3. The molecule has 2 aromatic rings. The van der Waals surface area contributed by atoms with Gasteiger partial charge in [-0.25, -0.2) is 18.1 Å². The van der Waals surface area contributed by atoms with Crippen molar-refractivity contribution in [2.75, 3.05) is 19.6 Å². The minimum absolute atomic E-state index is 0.0699. The number of aromatic nitrogens is 1. The van der Waals surface area contributed by atoms with E-state index in [4.69, 9.17) is 4.42 Å². The second-order valence-electron chi connectivity index (χ2n) is 5.56. The molecule has 1 saturated heterocycles.